The standard InChI is InChI=1S/C8H7FO2.C2H6/c1-5-6(9)2-3-7-8(5)11-4-10-7;1-2/h2-3H,4H2,1H3;1-2H3. The van der Waals surface area contributed by atoms with E-state index in [9.17, 15) is 4.39 Å². The molecule has 1 aliphatic rings. The van der Waals surface area contributed by atoms with Crippen molar-refractivity contribution in [1.29, 1.82) is 0 Å². The van der Waals surface area contributed by atoms with Crippen LogP contribution >= 0.6 is 0 Å². The summed E-state index contributed by atoms with van der Waals surface area (Å²) in [5.74, 6) is 0.906. The fraction of sp³-hybridized carbons (Fsp3) is 0.400. The van der Waals surface area contributed by atoms with Gasteiger partial charge < -0.3 is 9.47 Å². The Morgan fingerprint density at radius 2 is 1.92 bits per heavy atom. The quantitative estimate of drug-likeness (QED) is 0.617. The highest BCUT2D eigenvalue weighted by Gasteiger charge is 2.17. The van der Waals surface area contributed by atoms with Crippen LogP contribution in [0.25, 0.3) is 0 Å². The molecule has 1 aliphatic heterocycles. The van der Waals surface area contributed by atoms with Crippen molar-refractivity contribution in [2.75, 3.05) is 6.79 Å². The Morgan fingerprint density at radius 1 is 1.23 bits per heavy atom. The Bertz CT molecular complexity index is 297. The number of hydrogen-bond acceptors (Lipinski definition) is 2. The van der Waals surface area contributed by atoms with Crippen molar-refractivity contribution in [2.45, 2.75) is 20.8 Å². The molecule has 0 fully saturated rings. The average Bonchev–Trinajstić information content (AvgIpc) is 2.63. The highest BCUT2D eigenvalue weighted by molar-refractivity contribution is 5.47. The molecule has 3 heteroatoms. The van der Waals surface area contributed by atoms with E-state index in [0.29, 0.717) is 17.1 Å². The van der Waals surface area contributed by atoms with Crippen LogP contribution in [0, 0.1) is 12.7 Å². The minimum Gasteiger partial charge on any atom is -0.454 e. The molecule has 0 amide bonds. The number of ether oxygens (including phenoxy) is 2. The first-order valence-electron chi connectivity index (χ1n) is 4.34. The number of halogens is 1. The van der Waals surface area contributed by atoms with Gasteiger partial charge in [0.05, 0.1) is 0 Å². The predicted octanol–water partition coefficient (Wildman–Crippen LogP) is 2.89. The Labute approximate surface area is 77.3 Å². The van der Waals surface area contributed by atoms with Gasteiger partial charge in [-0.1, -0.05) is 13.8 Å². The highest BCUT2D eigenvalue weighted by Crippen LogP contribution is 2.35. The molecule has 0 radical (unpaired) electrons. The van der Waals surface area contributed by atoms with Gasteiger partial charge in [0.25, 0.3) is 0 Å². The van der Waals surface area contributed by atoms with Crippen LogP contribution in [0.1, 0.15) is 19.4 Å². The molecule has 0 atom stereocenters. The molecule has 0 unspecified atom stereocenters. The second kappa shape index (κ2) is 4.12. The lowest BCUT2D eigenvalue weighted by Gasteiger charge is -1.99. The summed E-state index contributed by atoms with van der Waals surface area (Å²) >= 11 is 0. The van der Waals surface area contributed by atoms with Gasteiger partial charge in [-0.15, -0.1) is 0 Å². The molecule has 0 N–H and O–H groups in total. The molecule has 1 aromatic carbocycles. The van der Waals surface area contributed by atoms with Crippen LogP contribution in [0.2, 0.25) is 0 Å². The van der Waals surface area contributed by atoms with Crippen molar-refractivity contribution in [3.8, 4) is 11.5 Å². The second-order valence-electron chi connectivity index (χ2n) is 2.41. The fourth-order valence-electron chi connectivity index (χ4n) is 1.09. The minimum absolute atomic E-state index is 0.194. The van der Waals surface area contributed by atoms with Gasteiger partial charge in [-0.3, -0.25) is 0 Å². The van der Waals surface area contributed by atoms with E-state index in [1.807, 2.05) is 13.8 Å². The maximum atomic E-state index is 12.8. The van der Waals surface area contributed by atoms with E-state index in [1.54, 1.807) is 13.0 Å². The van der Waals surface area contributed by atoms with Gasteiger partial charge in [0.15, 0.2) is 11.5 Å². The van der Waals surface area contributed by atoms with Crippen LogP contribution in [0.5, 0.6) is 11.5 Å². The molecule has 72 valence electrons. The van der Waals surface area contributed by atoms with E-state index in [0.717, 1.165) is 0 Å². The van der Waals surface area contributed by atoms with E-state index in [1.165, 1.54) is 6.07 Å². The summed E-state index contributed by atoms with van der Waals surface area (Å²) in [7, 11) is 0. The summed E-state index contributed by atoms with van der Waals surface area (Å²) in [6, 6.07) is 2.95. The zero-order valence-electron chi connectivity index (χ0n) is 8.06. The van der Waals surface area contributed by atoms with Gasteiger partial charge in [0, 0.05) is 5.56 Å². The summed E-state index contributed by atoms with van der Waals surface area (Å²) in [6.07, 6.45) is 0. The lowest BCUT2D eigenvalue weighted by atomic mass is 10.2. The van der Waals surface area contributed by atoms with Gasteiger partial charge >= 0.3 is 0 Å². The molecular formula is C10H13FO2. The molecule has 0 aromatic heterocycles. The first-order chi connectivity index (χ1) is 6.29. The van der Waals surface area contributed by atoms with Crippen molar-refractivity contribution in [1.82, 2.24) is 0 Å². The molecule has 0 saturated carbocycles. The average molecular weight is 184 g/mol. The maximum Gasteiger partial charge on any atom is 0.231 e. The lowest BCUT2D eigenvalue weighted by Crippen LogP contribution is -1.93. The molecule has 0 bridgehead atoms. The Kier molecular flexibility index (Phi) is 3.12. The number of fused-ring (bicyclic) bond motifs is 1. The van der Waals surface area contributed by atoms with Crippen molar-refractivity contribution >= 4 is 0 Å². The minimum atomic E-state index is -0.255. The van der Waals surface area contributed by atoms with Crippen LogP contribution in [-0.4, -0.2) is 6.79 Å². The predicted molar refractivity (Wildman–Crippen MR) is 48.6 cm³/mol. The summed E-state index contributed by atoms with van der Waals surface area (Å²) in [5.41, 5.74) is 0.514. The van der Waals surface area contributed by atoms with Crippen LogP contribution in [0.4, 0.5) is 4.39 Å². The van der Waals surface area contributed by atoms with E-state index in [4.69, 9.17) is 9.47 Å². The first-order valence-corrected chi connectivity index (χ1v) is 4.34. The largest absolute Gasteiger partial charge is 0.454 e. The molecule has 13 heavy (non-hydrogen) atoms. The van der Waals surface area contributed by atoms with Crippen LogP contribution in [0.15, 0.2) is 12.1 Å². The number of benzene rings is 1. The van der Waals surface area contributed by atoms with E-state index in [-0.39, 0.29) is 12.6 Å². The third-order valence-corrected chi connectivity index (χ3v) is 1.72. The van der Waals surface area contributed by atoms with E-state index >= 15 is 0 Å². The molecule has 0 saturated heterocycles. The van der Waals surface area contributed by atoms with Crippen molar-refractivity contribution < 1.29 is 13.9 Å². The molecule has 1 aromatic rings. The molecule has 0 aliphatic carbocycles. The topological polar surface area (TPSA) is 18.5 Å². The van der Waals surface area contributed by atoms with Crippen LogP contribution in [0.3, 0.4) is 0 Å². The third-order valence-electron chi connectivity index (χ3n) is 1.72. The van der Waals surface area contributed by atoms with Gasteiger partial charge in [0.1, 0.15) is 5.82 Å². The van der Waals surface area contributed by atoms with Gasteiger partial charge in [-0.05, 0) is 19.1 Å². The molecule has 0 spiro atoms. The Morgan fingerprint density at radius 3 is 2.62 bits per heavy atom. The zero-order chi connectivity index (χ0) is 9.84. The third kappa shape index (κ3) is 1.74. The summed E-state index contributed by atoms with van der Waals surface area (Å²) in [5, 5.41) is 0. The van der Waals surface area contributed by atoms with Gasteiger partial charge in [0.2, 0.25) is 6.79 Å². The normalized spacial score (nSPS) is 12.0. The lowest BCUT2D eigenvalue weighted by molar-refractivity contribution is 0.173. The van der Waals surface area contributed by atoms with E-state index < -0.39 is 0 Å². The number of hydrogen-bond donors (Lipinski definition) is 0. The maximum absolute atomic E-state index is 12.8. The van der Waals surface area contributed by atoms with E-state index in [2.05, 4.69) is 0 Å². The Balaban J connectivity index is 0.000000396. The monoisotopic (exact) mass is 184 g/mol. The fourth-order valence-corrected chi connectivity index (χ4v) is 1.09. The molecule has 2 nitrogen and oxygen atoms in total. The van der Waals surface area contributed by atoms with Crippen LogP contribution < -0.4 is 9.47 Å². The second-order valence-corrected chi connectivity index (χ2v) is 2.41. The number of rotatable bonds is 0. The van der Waals surface area contributed by atoms with Gasteiger partial charge in [-0.25, -0.2) is 4.39 Å². The SMILES string of the molecule is CC.Cc1c(F)ccc2c1OCO2. The molecule has 1 heterocycles. The van der Waals surface area contributed by atoms with Crippen molar-refractivity contribution in [2.24, 2.45) is 0 Å². The van der Waals surface area contributed by atoms with Crippen LogP contribution in [-0.2, 0) is 0 Å². The highest BCUT2D eigenvalue weighted by atomic mass is 19.1. The van der Waals surface area contributed by atoms with Crippen molar-refractivity contribution in [3.63, 3.8) is 0 Å². The van der Waals surface area contributed by atoms with Gasteiger partial charge in [-0.2, -0.15) is 0 Å². The zero-order valence-corrected chi connectivity index (χ0v) is 8.06. The smallest absolute Gasteiger partial charge is 0.231 e. The molecular weight excluding hydrogens is 171 g/mol. The summed E-state index contributed by atoms with van der Waals surface area (Å²) in [6.45, 7) is 5.86. The van der Waals surface area contributed by atoms with Crippen molar-refractivity contribution in [3.05, 3.63) is 23.5 Å². The first kappa shape index (κ1) is 9.84. The summed E-state index contributed by atoms with van der Waals surface area (Å²) < 4.78 is 22.9. The Hall–Kier alpha value is -1.25. The molecule has 2 rings (SSSR count). The summed E-state index contributed by atoms with van der Waals surface area (Å²) in [4.78, 5) is 0.